The molecule has 130 valence electrons. The van der Waals surface area contributed by atoms with Crippen LogP contribution in [0.3, 0.4) is 0 Å². The van der Waals surface area contributed by atoms with Crippen molar-refractivity contribution in [1.29, 1.82) is 5.26 Å². The number of nitriles is 1. The van der Waals surface area contributed by atoms with Gasteiger partial charge in [-0.25, -0.2) is 0 Å². The number of carbonyl (C=O) groups is 1. The third kappa shape index (κ3) is 4.05. The molecule has 24 heavy (non-hydrogen) atoms. The number of aryl methyl sites for hydroxylation is 1. The van der Waals surface area contributed by atoms with E-state index in [1.165, 1.54) is 0 Å². The molecule has 6 nitrogen and oxygen atoms in total. The quantitative estimate of drug-likeness (QED) is 0.588. The van der Waals surface area contributed by atoms with E-state index in [9.17, 15) is 15.2 Å². The zero-order valence-electron chi connectivity index (χ0n) is 14.6. The molecule has 0 radical (unpaired) electrons. The fourth-order valence-electron chi connectivity index (χ4n) is 2.91. The lowest BCUT2D eigenvalue weighted by molar-refractivity contribution is -0.119. The predicted octanol–water partition coefficient (Wildman–Crippen LogP) is 1.69. The van der Waals surface area contributed by atoms with Crippen molar-refractivity contribution in [2.24, 2.45) is 0 Å². The van der Waals surface area contributed by atoms with Crippen LogP contribution in [0.15, 0.2) is 11.6 Å². The Bertz CT molecular complexity index is 678. The Balaban J connectivity index is 2.12. The predicted molar refractivity (Wildman–Crippen MR) is 91.2 cm³/mol. The summed E-state index contributed by atoms with van der Waals surface area (Å²) in [5.41, 5.74) is 2.13. The molecule has 6 heteroatoms. The standard InChI is InChI=1S/C18H25N3O3/c1-13-9-15(14(2)21(13)7-8-24-3)10-16(11-19)17(22)20-12-18(23)5-4-6-18/h9-10,23H,4-8,12H2,1-3H3,(H,20,22). The summed E-state index contributed by atoms with van der Waals surface area (Å²) in [6.07, 6.45) is 3.96. The number of methoxy groups -OCH3 is 1. The van der Waals surface area contributed by atoms with Crippen molar-refractivity contribution >= 4 is 12.0 Å². The highest BCUT2D eigenvalue weighted by molar-refractivity contribution is 6.01. The maximum atomic E-state index is 12.2. The van der Waals surface area contributed by atoms with E-state index in [4.69, 9.17) is 4.74 Å². The van der Waals surface area contributed by atoms with E-state index in [0.717, 1.165) is 29.9 Å². The van der Waals surface area contributed by atoms with Gasteiger partial charge in [0.05, 0.1) is 12.2 Å². The Labute approximate surface area is 142 Å². The average molecular weight is 331 g/mol. The van der Waals surface area contributed by atoms with E-state index in [1.807, 2.05) is 26.0 Å². The minimum Gasteiger partial charge on any atom is -0.388 e. The molecule has 0 atom stereocenters. The molecule has 0 unspecified atom stereocenters. The summed E-state index contributed by atoms with van der Waals surface area (Å²) in [6, 6.07) is 3.91. The molecule has 0 aliphatic heterocycles. The van der Waals surface area contributed by atoms with Gasteiger partial charge < -0.3 is 19.7 Å². The third-order valence-electron chi connectivity index (χ3n) is 4.66. The Morgan fingerprint density at radius 1 is 1.54 bits per heavy atom. The molecule has 1 aromatic rings. The molecule has 0 bridgehead atoms. The molecule has 1 aliphatic rings. The molecule has 1 amide bonds. The minimum atomic E-state index is -0.799. The number of rotatable bonds is 7. The number of ether oxygens (including phenoxy) is 1. The number of hydrogen-bond donors (Lipinski definition) is 2. The Hall–Kier alpha value is -2.10. The van der Waals surface area contributed by atoms with Crippen molar-refractivity contribution in [2.75, 3.05) is 20.3 Å². The van der Waals surface area contributed by atoms with Gasteiger partial charge >= 0.3 is 0 Å². The largest absolute Gasteiger partial charge is 0.388 e. The van der Waals surface area contributed by atoms with Crippen molar-refractivity contribution < 1.29 is 14.6 Å². The zero-order chi connectivity index (χ0) is 17.7. The number of hydrogen-bond acceptors (Lipinski definition) is 4. The molecule has 0 saturated heterocycles. The van der Waals surface area contributed by atoms with Crippen molar-refractivity contribution in [3.8, 4) is 6.07 Å². The monoisotopic (exact) mass is 331 g/mol. The van der Waals surface area contributed by atoms with E-state index in [1.54, 1.807) is 13.2 Å². The zero-order valence-corrected chi connectivity index (χ0v) is 14.6. The molecule has 1 saturated carbocycles. The maximum Gasteiger partial charge on any atom is 0.262 e. The van der Waals surface area contributed by atoms with Gasteiger partial charge in [0.1, 0.15) is 11.6 Å². The van der Waals surface area contributed by atoms with Crippen molar-refractivity contribution in [3.05, 3.63) is 28.6 Å². The summed E-state index contributed by atoms with van der Waals surface area (Å²) < 4.78 is 7.21. The number of nitrogens with zero attached hydrogens (tertiary/aromatic N) is 2. The first kappa shape index (κ1) is 18.2. The second-order valence-electron chi connectivity index (χ2n) is 6.40. The van der Waals surface area contributed by atoms with Crippen LogP contribution in [0.5, 0.6) is 0 Å². The molecule has 1 heterocycles. The highest BCUT2D eigenvalue weighted by atomic mass is 16.5. The number of nitrogens with one attached hydrogen (secondary N) is 1. The maximum absolute atomic E-state index is 12.2. The van der Waals surface area contributed by atoms with Crippen LogP contribution in [0.4, 0.5) is 0 Å². The highest BCUT2D eigenvalue weighted by Gasteiger charge is 2.34. The van der Waals surface area contributed by atoms with Crippen molar-refractivity contribution in [1.82, 2.24) is 9.88 Å². The van der Waals surface area contributed by atoms with E-state index in [-0.39, 0.29) is 12.1 Å². The second-order valence-corrected chi connectivity index (χ2v) is 6.40. The molecule has 0 spiro atoms. The number of aromatic nitrogens is 1. The van der Waals surface area contributed by atoms with E-state index >= 15 is 0 Å². The first-order valence-electron chi connectivity index (χ1n) is 8.18. The third-order valence-corrected chi connectivity index (χ3v) is 4.66. The lowest BCUT2D eigenvalue weighted by Gasteiger charge is -2.36. The van der Waals surface area contributed by atoms with Gasteiger partial charge in [0.2, 0.25) is 0 Å². The molecule has 1 aromatic heterocycles. The van der Waals surface area contributed by atoms with Crippen LogP contribution in [0, 0.1) is 25.2 Å². The molecule has 1 fully saturated rings. The number of aliphatic hydroxyl groups is 1. The average Bonchev–Trinajstić information content (AvgIpc) is 2.80. The van der Waals surface area contributed by atoms with E-state index in [0.29, 0.717) is 19.4 Å². The summed E-state index contributed by atoms with van der Waals surface area (Å²) in [5, 5.41) is 22.0. The first-order valence-corrected chi connectivity index (χ1v) is 8.18. The van der Waals surface area contributed by atoms with Gasteiger partial charge in [-0.2, -0.15) is 5.26 Å². The van der Waals surface area contributed by atoms with Crippen LogP contribution < -0.4 is 5.32 Å². The van der Waals surface area contributed by atoms with E-state index < -0.39 is 11.5 Å². The van der Waals surface area contributed by atoms with Gasteiger partial charge in [-0.15, -0.1) is 0 Å². The van der Waals surface area contributed by atoms with Crippen LogP contribution in [-0.4, -0.2) is 41.4 Å². The van der Waals surface area contributed by atoms with Crippen molar-refractivity contribution in [2.45, 2.75) is 45.3 Å². The van der Waals surface area contributed by atoms with Gasteiger partial charge in [-0.05, 0) is 50.8 Å². The van der Waals surface area contributed by atoms with Crippen LogP contribution >= 0.6 is 0 Å². The molecule has 2 N–H and O–H groups in total. The molecular formula is C18H25N3O3. The molecule has 0 aromatic carbocycles. The topological polar surface area (TPSA) is 87.3 Å². The van der Waals surface area contributed by atoms with Gasteiger partial charge in [0.15, 0.2) is 0 Å². The van der Waals surface area contributed by atoms with Gasteiger partial charge in [-0.1, -0.05) is 0 Å². The normalized spacial score (nSPS) is 16.4. The van der Waals surface area contributed by atoms with Crippen LogP contribution in [0.1, 0.15) is 36.2 Å². The first-order chi connectivity index (χ1) is 11.4. The second kappa shape index (κ2) is 7.65. The Morgan fingerprint density at radius 3 is 2.79 bits per heavy atom. The molecular weight excluding hydrogens is 306 g/mol. The smallest absolute Gasteiger partial charge is 0.262 e. The summed E-state index contributed by atoms with van der Waals surface area (Å²) in [6.45, 7) is 5.46. The van der Waals surface area contributed by atoms with Crippen LogP contribution in [0.25, 0.3) is 6.08 Å². The summed E-state index contributed by atoms with van der Waals surface area (Å²) >= 11 is 0. The summed E-state index contributed by atoms with van der Waals surface area (Å²) in [5.74, 6) is -0.445. The van der Waals surface area contributed by atoms with Crippen molar-refractivity contribution in [3.63, 3.8) is 0 Å². The number of amides is 1. The molecule has 1 aliphatic carbocycles. The lowest BCUT2D eigenvalue weighted by atomic mass is 9.80. The fourth-order valence-corrected chi connectivity index (χ4v) is 2.91. The van der Waals surface area contributed by atoms with Gasteiger partial charge in [0.25, 0.3) is 5.91 Å². The SMILES string of the molecule is COCCn1c(C)cc(C=C(C#N)C(=O)NCC2(O)CCC2)c1C. The fraction of sp³-hybridized carbons (Fsp3) is 0.556. The number of carbonyl (C=O) groups excluding carboxylic acids is 1. The highest BCUT2D eigenvalue weighted by Crippen LogP contribution is 2.30. The van der Waals surface area contributed by atoms with Gasteiger partial charge in [-0.3, -0.25) is 4.79 Å². The van der Waals surface area contributed by atoms with Crippen LogP contribution in [0.2, 0.25) is 0 Å². The van der Waals surface area contributed by atoms with Crippen LogP contribution in [-0.2, 0) is 16.1 Å². The van der Waals surface area contributed by atoms with E-state index in [2.05, 4.69) is 9.88 Å². The van der Waals surface area contributed by atoms with Gasteiger partial charge in [0, 0.05) is 31.6 Å². The Kier molecular flexibility index (Phi) is 5.81. The summed E-state index contributed by atoms with van der Waals surface area (Å²) in [7, 11) is 1.66. The Morgan fingerprint density at radius 2 is 2.25 bits per heavy atom. The minimum absolute atomic E-state index is 0.0462. The summed E-state index contributed by atoms with van der Waals surface area (Å²) in [4.78, 5) is 12.2. The molecule has 2 rings (SSSR count). The lowest BCUT2D eigenvalue weighted by Crippen LogP contribution is -2.48.